The molecular formula is C17H26N2O2. The summed E-state index contributed by atoms with van der Waals surface area (Å²) >= 11 is 0. The zero-order chi connectivity index (χ0) is 15.1. The van der Waals surface area contributed by atoms with Crippen LogP contribution in [0.15, 0.2) is 30.3 Å². The van der Waals surface area contributed by atoms with Crippen LogP contribution in [0.2, 0.25) is 0 Å². The molecule has 4 nitrogen and oxygen atoms in total. The van der Waals surface area contributed by atoms with Crippen LogP contribution < -0.4 is 10.6 Å². The number of urea groups is 1. The molecular weight excluding hydrogens is 264 g/mol. The van der Waals surface area contributed by atoms with Gasteiger partial charge < -0.3 is 15.7 Å². The average molecular weight is 290 g/mol. The van der Waals surface area contributed by atoms with Gasteiger partial charge in [-0.1, -0.05) is 50.1 Å². The lowest BCUT2D eigenvalue weighted by Gasteiger charge is -2.29. The maximum Gasteiger partial charge on any atom is 0.315 e. The van der Waals surface area contributed by atoms with E-state index in [0.29, 0.717) is 0 Å². The highest BCUT2D eigenvalue weighted by molar-refractivity contribution is 5.75. The van der Waals surface area contributed by atoms with Crippen LogP contribution in [0.25, 0.3) is 0 Å². The highest BCUT2D eigenvalue weighted by Crippen LogP contribution is 2.28. The van der Waals surface area contributed by atoms with Gasteiger partial charge in [-0.25, -0.2) is 4.79 Å². The third kappa shape index (κ3) is 4.46. The Balaban J connectivity index is 1.87. The molecule has 0 spiro atoms. The van der Waals surface area contributed by atoms with Crippen molar-refractivity contribution in [2.75, 3.05) is 6.61 Å². The first kappa shape index (κ1) is 15.8. The third-order valence-electron chi connectivity index (χ3n) is 4.39. The van der Waals surface area contributed by atoms with Gasteiger partial charge in [0, 0.05) is 6.04 Å². The summed E-state index contributed by atoms with van der Waals surface area (Å²) < 4.78 is 0. The summed E-state index contributed by atoms with van der Waals surface area (Å²) in [6.07, 6.45) is 5.59. The van der Waals surface area contributed by atoms with Crippen molar-refractivity contribution in [3.05, 3.63) is 35.9 Å². The predicted molar refractivity (Wildman–Crippen MR) is 84.2 cm³/mol. The van der Waals surface area contributed by atoms with Crippen LogP contribution in [0.5, 0.6) is 0 Å². The van der Waals surface area contributed by atoms with Gasteiger partial charge in [-0.3, -0.25) is 0 Å². The summed E-state index contributed by atoms with van der Waals surface area (Å²) in [6, 6.07) is 10.1. The van der Waals surface area contributed by atoms with E-state index in [-0.39, 0.29) is 18.7 Å². The van der Waals surface area contributed by atoms with Crippen LogP contribution in [0.3, 0.4) is 0 Å². The number of aliphatic hydroxyl groups is 1. The number of carbonyl (C=O) groups excluding carboxylic acids is 1. The van der Waals surface area contributed by atoms with E-state index in [4.69, 9.17) is 0 Å². The molecule has 2 rings (SSSR count). The first-order chi connectivity index (χ1) is 10.2. The Bertz CT molecular complexity index is 441. The van der Waals surface area contributed by atoms with E-state index in [2.05, 4.69) is 29.7 Å². The number of benzene rings is 1. The van der Waals surface area contributed by atoms with E-state index in [1.54, 1.807) is 0 Å². The van der Waals surface area contributed by atoms with Crippen LogP contribution in [-0.4, -0.2) is 29.3 Å². The molecule has 1 unspecified atom stereocenters. The zero-order valence-corrected chi connectivity index (χ0v) is 12.8. The van der Waals surface area contributed by atoms with E-state index in [9.17, 15) is 9.90 Å². The number of rotatable bonds is 6. The number of amides is 2. The van der Waals surface area contributed by atoms with Crippen molar-refractivity contribution in [1.29, 1.82) is 0 Å². The number of hydrogen-bond acceptors (Lipinski definition) is 2. The molecule has 1 aromatic carbocycles. The van der Waals surface area contributed by atoms with Crippen molar-refractivity contribution in [2.45, 2.75) is 57.0 Å². The number of aliphatic hydroxyl groups excluding tert-OH is 1. The molecule has 1 aliphatic carbocycles. The molecule has 0 radical (unpaired) electrons. The van der Waals surface area contributed by atoms with Crippen molar-refractivity contribution >= 4 is 6.03 Å². The first-order valence-electron chi connectivity index (χ1n) is 7.91. The molecule has 0 heterocycles. The van der Waals surface area contributed by atoms with Crippen molar-refractivity contribution in [2.24, 2.45) is 0 Å². The molecule has 2 amide bonds. The van der Waals surface area contributed by atoms with Crippen molar-refractivity contribution in [1.82, 2.24) is 10.6 Å². The fraction of sp³-hybridized carbons (Fsp3) is 0.588. The van der Waals surface area contributed by atoms with Crippen molar-refractivity contribution in [3.63, 3.8) is 0 Å². The fourth-order valence-corrected chi connectivity index (χ4v) is 3.03. The van der Waals surface area contributed by atoms with Gasteiger partial charge in [0.1, 0.15) is 0 Å². The molecule has 0 aliphatic heterocycles. The molecule has 0 saturated heterocycles. The van der Waals surface area contributed by atoms with Gasteiger partial charge in [-0.2, -0.15) is 0 Å². The van der Waals surface area contributed by atoms with Crippen LogP contribution in [-0.2, 0) is 6.42 Å². The minimum Gasteiger partial charge on any atom is -0.394 e. The van der Waals surface area contributed by atoms with E-state index in [0.717, 1.165) is 38.5 Å². The molecule has 0 aromatic heterocycles. The Labute approximate surface area is 126 Å². The van der Waals surface area contributed by atoms with E-state index in [1.807, 2.05) is 18.2 Å². The number of hydrogen-bond donors (Lipinski definition) is 3. The molecule has 1 aromatic rings. The lowest BCUT2D eigenvalue weighted by molar-refractivity contribution is 0.161. The summed E-state index contributed by atoms with van der Waals surface area (Å²) in [6.45, 7) is 2.10. The Hall–Kier alpha value is -1.55. The highest BCUT2D eigenvalue weighted by Gasteiger charge is 2.34. The van der Waals surface area contributed by atoms with Gasteiger partial charge in [-0.05, 0) is 31.2 Å². The largest absolute Gasteiger partial charge is 0.394 e. The van der Waals surface area contributed by atoms with Gasteiger partial charge in [-0.15, -0.1) is 0 Å². The molecule has 1 saturated carbocycles. The second-order valence-corrected chi connectivity index (χ2v) is 6.04. The average Bonchev–Trinajstić information content (AvgIpc) is 2.96. The van der Waals surface area contributed by atoms with Crippen LogP contribution in [0, 0.1) is 0 Å². The van der Waals surface area contributed by atoms with Crippen LogP contribution >= 0.6 is 0 Å². The van der Waals surface area contributed by atoms with E-state index >= 15 is 0 Å². The smallest absolute Gasteiger partial charge is 0.315 e. The summed E-state index contributed by atoms with van der Waals surface area (Å²) in [5, 5.41) is 15.6. The molecule has 21 heavy (non-hydrogen) atoms. The molecule has 3 N–H and O–H groups in total. The molecule has 1 aliphatic rings. The Morgan fingerprint density at radius 2 is 1.95 bits per heavy atom. The van der Waals surface area contributed by atoms with Crippen LogP contribution in [0.1, 0.15) is 44.6 Å². The molecule has 0 bridgehead atoms. The summed E-state index contributed by atoms with van der Waals surface area (Å²) in [5.74, 6) is 0. The Kier molecular flexibility index (Phi) is 5.62. The van der Waals surface area contributed by atoms with Crippen molar-refractivity contribution in [3.8, 4) is 0 Å². The van der Waals surface area contributed by atoms with Crippen molar-refractivity contribution < 1.29 is 9.90 Å². The Morgan fingerprint density at radius 3 is 2.52 bits per heavy atom. The topological polar surface area (TPSA) is 61.4 Å². The second-order valence-electron chi connectivity index (χ2n) is 6.04. The summed E-state index contributed by atoms with van der Waals surface area (Å²) in [5.41, 5.74) is 0.817. The second kappa shape index (κ2) is 7.46. The van der Waals surface area contributed by atoms with Gasteiger partial charge in [0.25, 0.3) is 0 Å². The summed E-state index contributed by atoms with van der Waals surface area (Å²) in [7, 11) is 0. The first-order valence-corrected chi connectivity index (χ1v) is 7.91. The van der Waals surface area contributed by atoms with Gasteiger partial charge in [0.15, 0.2) is 0 Å². The quantitative estimate of drug-likeness (QED) is 0.754. The summed E-state index contributed by atoms with van der Waals surface area (Å²) in [4.78, 5) is 12.2. The van der Waals surface area contributed by atoms with Gasteiger partial charge >= 0.3 is 6.03 Å². The molecule has 116 valence electrons. The lowest BCUT2D eigenvalue weighted by Crippen LogP contribution is -2.54. The minimum atomic E-state index is -0.408. The normalized spacial score (nSPS) is 18.2. The van der Waals surface area contributed by atoms with Crippen LogP contribution in [0.4, 0.5) is 4.79 Å². The number of nitrogens with one attached hydrogen (secondary N) is 2. The Morgan fingerprint density at radius 1 is 1.29 bits per heavy atom. The predicted octanol–water partition coefficient (Wildman–Crippen LogP) is 2.61. The molecule has 4 heteroatoms. The highest BCUT2D eigenvalue weighted by atomic mass is 16.3. The number of carbonyl (C=O) groups is 1. The van der Waals surface area contributed by atoms with E-state index < -0.39 is 5.54 Å². The minimum absolute atomic E-state index is 0.0237. The zero-order valence-electron chi connectivity index (χ0n) is 12.8. The molecule has 1 fully saturated rings. The standard InChI is InChI=1S/C17H26N2O2/c1-2-15(12-14-8-4-3-5-9-14)18-16(21)19-17(13-20)10-6-7-11-17/h3-5,8-9,15,20H,2,6-7,10-13H2,1H3,(H2,18,19,21). The molecule has 1 atom stereocenters. The van der Waals surface area contributed by atoms with Gasteiger partial charge in [0.05, 0.1) is 12.1 Å². The maximum atomic E-state index is 12.2. The van der Waals surface area contributed by atoms with E-state index in [1.165, 1.54) is 5.56 Å². The fourth-order valence-electron chi connectivity index (χ4n) is 3.03. The third-order valence-corrected chi connectivity index (χ3v) is 4.39. The van der Waals surface area contributed by atoms with Gasteiger partial charge in [0.2, 0.25) is 0 Å². The monoisotopic (exact) mass is 290 g/mol. The maximum absolute atomic E-state index is 12.2. The lowest BCUT2D eigenvalue weighted by atomic mass is 9.99. The SMILES string of the molecule is CCC(Cc1ccccc1)NC(=O)NC1(CO)CCCC1.